The zero-order valence-electron chi connectivity index (χ0n) is 9.93. The smallest absolute Gasteiger partial charge is 0.414 e. The van der Waals surface area contributed by atoms with E-state index in [0.29, 0.717) is 12.5 Å². The molecule has 96 valence electrons. The van der Waals surface area contributed by atoms with Crippen molar-refractivity contribution in [3.05, 3.63) is 28.7 Å². The predicted molar refractivity (Wildman–Crippen MR) is 72.7 cm³/mol. The molecule has 1 aromatic rings. The van der Waals surface area contributed by atoms with Gasteiger partial charge in [-0.1, -0.05) is 22.0 Å². The fourth-order valence-electron chi connectivity index (χ4n) is 2.71. The maximum atomic E-state index is 11.9. The standard InChI is InChI=1S/C13H15BrN2O2/c14-10-2-1-3-11(6-10)16-12(8-18-13(16)17)9-4-5-15-7-9/h1-3,6,9,12,15H,4-5,7-8H2. The van der Waals surface area contributed by atoms with Gasteiger partial charge in [0.25, 0.3) is 0 Å². The van der Waals surface area contributed by atoms with Crippen molar-refractivity contribution in [3.63, 3.8) is 0 Å². The minimum absolute atomic E-state index is 0.154. The van der Waals surface area contributed by atoms with E-state index in [1.54, 1.807) is 4.90 Å². The van der Waals surface area contributed by atoms with Crippen LogP contribution in [-0.4, -0.2) is 31.8 Å². The number of hydrogen-bond donors (Lipinski definition) is 1. The monoisotopic (exact) mass is 310 g/mol. The molecule has 2 fully saturated rings. The number of halogens is 1. The fraction of sp³-hybridized carbons (Fsp3) is 0.462. The van der Waals surface area contributed by atoms with Gasteiger partial charge in [-0.05, 0) is 37.1 Å². The van der Waals surface area contributed by atoms with Crippen LogP contribution in [0.25, 0.3) is 0 Å². The molecule has 0 radical (unpaired) electrons. The number of nitrogens with one attached hydrogen (secondary N) is 1. The van der Waals surface area contributed by atoms with Crippen LogP contribution in [-0.2, 0) is 4.74 Å². The number of nitrogens with zero attached hydrogens (tertiary/aromatic N) is 1. The van der Waals surface area contributed by atoms with Crippen LogP contribution in [0, 0.1) is 5.92 Å². The average molecular weight is 311 g/mol. The molecular formula is C13H15BrN2O2. The first-order valence-corrected chi connectivity index (χ1v) is 6.97. The second-order valence-electron chi connectivity index (χ2n) is 4.75. The Kier molecular flexibility index (Phi) is 3.26. The molecule has 3 rings (SSSR count). The summed E-state index contributed by atoms with van der Waals surface area (Å²) >= 11 is 3.44. The lowest BCUT2D eigenvalue weighted by Gasteiger charge is -2.25. The van der Waals surface area contributed by atoms with E-state index >= 15 is 0 Å². The van der Waals surface area contributed by atoms with Gasteiger partial charge < -0.3 is 10.1 Å². The van der Waals surface area contributed by atoms with Crippen molar-refractivity contribution in [2.45, 2.75) is 12.5 Å². The number of carbonyl (C=O) groups excluding carboxylic acids is 1. The van der Waals surface area contributed by atoms with Crippen LogP contribution in [0.15, 0.2) is 28.7 Å². The second kappa shape index (κ2) is 4.90. The minimum Gasteiger partial charge on any atom is -0.447 e. The lowest BCUT2D eigenvalue weighted by Crippen LogP contribution is -2.40. The van der Waals surface area contributed by atoms with Crippen molar-refractivity contribution in [1.82, 2.24) is 5.32 Å². The molecule has 2 atom stereocenters. The largest absolute Gasteiger partial charge is 0.447 e. The highest BCUT2D eigenvalue weighted by atomic mass is 79.9. The van der Waals surface area contributed by atoms with Crippen LogP contribution < -0.4 is 10.2 Å². The summed E-state index contributed by atoms with van der Waals surface area (Å²) in [5.74, 6) is 0.482. The average Bonchev–Trinajstić information content (AvgIpc) is 2.97. The number of benzene rings is 1. The predicted octanol–water partition coefficient (Wildman–Crippen LogP) is 2.38. The van der Waals surface area contributed by atoms with E-state index in [0.717, 1.165) is 29.7 Å². The molecule has 2 unspecified atom stereocenters. The topological polar surface area (TPSA) is 41.6 Å². The number of amides is 1. The quantitative estimate of drug-likeness (QED) is 0.912. The maximum absolute atomic E-state index is 11.9. The number of ether oxygens (including phenoxy) is 1. The zero-order chi connectivity index (χ0) is 12.5. The highest BCUT2D eigenvalue weighted by Gasteiger charge is 2.40. The summed E-state index contributed by atoms with van der Waals surface area (Å²) in [6, 6.07) is 7.96. The molecule has 0 aromatic heterocycles. The van der Waals surface area contributed by atoms with Gasteiger partial charge in [-0.2, -0.15) is 0 Å². The van der Waals surface area contributed by atoms with Crippen LogP contribution >= 0.6 is 15.9 Å². The van der Waals surface area contributed by atoms with Crippen LogP contribution in [0.4, 0.5) is 10.5 Å². The zero-order valence-corrected chi connectivity index (χ0v) is 11.5. The molecule has 0 spiro atoms. The van der Waals surface area contributed by atoms with Gasteiger partial charge in [0, 0.05) is 16.7 Å². The summed E-state index contributed by atoms with van der Waals surface area (Å²) < 4.78 is 6.20. The first-order valence-electron chi connectivity index (χ1n) is 6.18. The summed E-state index contributed by atoms with van der Waals surface area (Å²) in [5, 5.41) is 3.34. The Balaban J connectivity index is 1.89. The lowest BCUT2D eigenvalue weighted by molar-refractivity contribution is 0.176. The van der Waals surface area contributed by atoms with Gasteiger partial charge in [-0.15, -0.1) is 0 Å². The summed E-state index contributed by atoms with van der Waals surface area (Å²) in [4.78, 5) is 13.7. The molecule has 2 aliphatic rings. The molecule has 0 saturated carbocycles. The van der Waals surface area contributed by atoms with Crippen LogP contribution in [0.3, 0.4) is 0 Å². The Hall–Kier alpha value is -1.07. The summed E-state index contributed by atoms with van der Waals surface area (Å²) in [5.41, 5.74) is 0.906. The van der Waals surface area contributed by atoms with Crippen molar-refractivity contribution >= 4 is 27.7 Å². The lowest BCUT2D eigenvalue weighted by atomic mass is 9.98. The van der Waals surface area contributed by atoms with Crippen LogP contribution in [0.5, 0.6) is 0 Å². The molecule has 2 saturated heterocycles. The Morgan fingerprint density at radius 3 is 3.06 bits per heavy atom. The highest BCUT2D eigenvalue weighted by Crippen LogP contribution is 2.30. The van der Waals surface area contributed by atoms with Gasteiger partial charge in [-0.25, -0.2) is 4.79 Å². The molecule has 5 heteroatoms. The van der Waals surface area contributed by atoms with Crippen LogP contribution in [0.1, 0.15) is 6.42 Å². The van der Waals surface area contributed by atoms with Gasteiger partial charge in [0.2, 0.25) is 0 Å². The van der Waals surface area contributed by atoms with Crippen molar-refractivity contribution in [3.8, 4) is 0 Å². The van der Waals surface area contributed by atoms with Gasteiger partial charge in [-0.3, -0.25) is 4.90 Å². The van der Waals surface area contributed by atoms with Gasteiger partial charge >= 0.3 is 6.09 Å². The van der Waals surface area contributed by atoms with E-state index in [-0.39, 0.29) is 12.1 Å². The third kappa shape index (κ3) is 2.12. The Morgan fingerprint density at radius 2 is 2.33 bits per heavy atom. The summed E-state index contributed by atoms with van der Waals surface area (Å²) in [7, 11) is 0. The van der Waals surface area contributed by atoms with Crippen molar-refractivity contribution in [2.24, 2.45) is 5.92 Å². The molecule has 2 heterocycles. The number of carbonyl (C=O) groups is 1. The first-order chi connectivity index (χ1) is 8.75. The molecule has 18 heavy (non-hydrogen) atoms. The molecule has 0 aliphatic carbocycles. The third-order valence-corrected chi connectivity index (χ3v) is 4.13. The normalized spacial score (nSPS) is 27.6. The van der Waals surface area contributed by atoms with E-state index in [1.165, 1.54) is 0 Å². The number of anilines is 1. The molecule has 4 nitrogen and oxygen atoms in total. The fourth-order valence-corrected chi connectivity index (χ4v) is 3.10. The van der Waals surface area contributed by atoms with E-state index in [4.69, 9.17) is 4.74 Å². The van der Waals surface area contributed by atoms with Gasteiger partial charge in [0.1, 0.15) is 6.61 Å². The number of hydrogen-bond acceptors (Lipinski definition) is 3. The highest BCUT2D eigenvalue weighted by molar-refractivity contribution is 9.10. The Bertz CT molecular complexity index is 460. The third-order valence-electron chi connectivity index (χ3n) is 3.63. The molecular weight excluding hydrogens is 296 g/mol. The molecule has 1 aromatic carbocycles. The van der Waals surface area contributed by atoms with E-state index in [9.17, 15) is 4.79 Å². The molecule has 2 aliphatic heterocycles. The second-order valence-corrected chi connectivity index (χ2v) is 5.66. The van der Waals surface area contributed by atoms with E-state index in [1.807, 2.05) is 24.3 Å². The van der Waals surface area contributed by atoms with Gasteiger partial charge in [0.15, 0.2) is 0 Å². The summed E-state index contributed by atoms with van der Waals surface area (Å²) in [6.45, 7) is 2.49. The van der Waals surface area contributed by atoms with Gasteiger partial charge in [0.05, 0.1) is 6.04 Å². The van der Waals surface area contributed by atoms with E-state index < -0.39 is 0 Å². The molecule has 0 bridgehead atoms. The molecule has 1 amide bonds. The number of cyclic esters (lactones) is 1. The molecule has 1 N–H and O–H groups in total. The van der Waals surface area contributed by atoms with Crippen molar-refractivity contribution in [1.29, 1.82) is 0 Å². The van der Waals surface area contributed by atoms with E-state index in [2.05, 4.69) is 21.2 Å². The maximum Gasteiger partial charge on any atom is 0.414 e. The minimum atomic E-state index is -0.231. The SMILES string of the molecule is O=C1OCC(C2CCNC2)N1c1cccc(Br)c1. The van der Waals surface area contributed by atoms with Crippen molar-refractivity contribution in [2.75, 3.05) is 24.6 Å². The van der Waals surface area contributed by atoms with Crippen molar-refractivity contribution < 1.29 is 9.53 Å². The van der Waals surface area contributed by atoms with Crippen LogP contribution in [0.2, 0.25) is 0 Å². The Morgan fingerprint density at radius 1 is 1.44 bits per heavy atom. The first kappa shape index (κ1) is 12.0. The Labute approximate surface area is 114 Å². The summed E-state index contributed by atoms with van der Waals surface area (Å²) in [6.07, 6.45) is 0.872. The number of rotatable bonds is 2.